The molecule has 0 saturated carbocycles. The number of aliphatic imine (C=N–C) groups is 1. The van der Waals surface area contributed by atoms with Crippen molar-refractivity contribution >= 4 is 18.0 Å². The number of likely N-dealkylation sites (tertiary alicyclic amines) is 1. The minimum absolute atomic E-state index is 0.0282. The zero-order chi connectivity index (χ0) is 15.8. The molecule has 118 valence electrons. The van der Waals surface area contributed by atoms with Gasteiger partial charge in [0.15, 0.2) is 0 Å². The first kappa shape index (κ1) is 15.9. The summed E-state index contributed by atoms with van der Waals surface area (Å²) >= 11 is 0. The van der Waals surface area contributed by atoms with Gasteiger partial charge in [0.1, 0.15) is 6.61 Å². The highest BCUT2D eigenvalue weighted by Crippen LogP contribution is 2.11. The molecule has 7 nitrogen and oxygen atoms in total. The van der Waals surface area contributed by atoms with Crippen molar-refractivity contribution in [3.8, 4) is 0 Å². The first-order valence-electron chi connectivity index (χ1n) is 7.33. The van der Waals surface area contributed by atoms with Crippen molar-refractivity contribution in [3.63, 3.8) is 0 Å². The van der Waals surface area contributed by atoms with Gasteiger partial charge in [-0.05, 0) is 24.8 Å². The average molecular weight is 305 g/mol. The monoisotopic (exact) mass is 305 g/mol. The second-order valence-electron chi connectivity index (χ2n) is 5.05. The fourth-order valence-electron chi connectivity index (χ4n) is 2.24. The van der Waals surface area contributed by atoms with Gasteiger partial charge in [-0.25, -0.2) is 4.79 Å². The zero-order valence-electron chi connectivity index (χ0n) is 12.3. The van der Waals surface area contributed by atoms with Gasteiger partial charge in [-0.2, -0.15) is 0 Å². The summed E-state index contributed by atoms with van der Waals surface area (Å²) in [5, 5.41) is 10.7. The Labute approximate surface area is 128 Å². The van der Waals surface area contributed by atoms with Crippen LogP contribution in [0.2, 0.25) is 0 Å². The average Bonchev–Trinajstić information content (AvgIpc) is 2.55. The summed E-state index contributed by atoms with van der Waals surface area (Å²) in [5.41, 5.74) is 0.678. The highest BCUT2D eigenvalue weighted by Gasteiger charge is 2.16. The van der Waals surface area contributed by atoms with E-state index in [4.69, 9.17) is 4.74 Å². The minimum atomic E-state index is -0.447. The third-order valence-corrected chi connectivity index (χ3v) is 3.38. The molecule has 2 rings (SSSR count). The molecule has 0 spiro atoms. The summed E-state index contributed by atoms with van der Waals surface area (Å²) in [6, 6.07) is 6.22. The van der Waals surface area contributed by atoms with Crippen molar-refractivity contribution in [2.75, 3.05) is 26.2 Å². The third kappa shape index (κ3) is 4.83. The largest absolute Gasteiger partial charge is 0.447 e. The molecule has 1 aromatic rings. The summed E-state index contributed by atoms with van der Waals surface area (Å²) in [4.78, 5) is 27.8. The van der Waals surface area contributed by atoms with Gasteiger partial charge >= 0.3 is 6.09 Å². The number of rotatable bonds is 5. The van der Waals surface area contributed by atoms with Crippen molar-refractivity contribution in [2.24, 2.45) is 4.99 Å². The van der Waals surface area contributed by atoms with Crippen LogP contribution in [0.3, 0.4) is 0 Å². The van der Waals surface area contributed by atoms with Crippen LogP contribution in [0.1, 0.15) is 24.8 Å². The fourth-order valence-corrected chi connectivity index (χ4v) is 2.24. The van der Waals surface area contributed by atoms with Crippen LogP contribution in [-0.2, 0) is 4.74 Å². The van der Waals surface area contributed by atoms with E-state index in [0.29, 0.717) is 12.1 Å². The van der Waals surface area contributed by atoms with E-state index >= 15 is 0 Å². The molecule has 1 aliphatic heterocycles. The van der Waals surface area contributed by atoms with Crippen LogP contribution in [-0.4, -0.2) is 48.4 Å². The predicted octanol–water partition coefficient (Wildman–Crippen LogP) is 2.64. The van der Waals surface area contributed by atoms with Gasteiger partial charge in [-0.1, -0.05) is 12.1 Å². The number of non-ortho nitro benzene ring substituents is 1. The van der Waals surface area contributed by atoms with Crippen LogP contribution < -0.4 is 0 Å². The van der Waals surface area contributed by atoms with E-state index in [-0.39, 0.29) is 18.4 Å². The van der Waals surface area contributed by atoms with Gasteiger partial charge in [-0.15, -0.1) is 0 Å². The van der Waals surface area contributed by atoms with Gasteiger partial charge in [-0.3, -0.25) is 15.1 Å². The second kappa shape index (κ2) is 8.11. The standard InChI is InChI=1S/C15H19N3O4/c19-15(17-8-2-1-3-9-17)22-10-7-16-12-13-5-4-6-14(11-13)18(20)21/h4-6,11-12H,1-3,7-10H2. The van der Waals surface area contributed by atoms with Crippen LogP contribution in [0.25, 0.3) is 0 Å². The highest BCUT2D eigenvalue weighted by atomic mass is 16.6. The number of carbonyl (C=O) groups is 1. The van der Waals surface area contributed by atoms with Crippen molar-refractivity contribution in [3.05, 3.63) is 39.9 Å². The molecule has 1 fully saturated rings. The summed E-state index contributed by atoms with van der Waals surface area (Å²) in [6.07, 6.45) is 4.48. The molecule has 0 bridgehead atoms. The molecule has 1 aliphatic rings. The molecule has 0 aromatic heterocycles. The van der Waals surface area contributed by atoms with E-state index in [1.165, 1.54) is 12.1 Å². The Morgan fingerprint density at radius 1 is 1.36 bits per heavy atom. The lowest BCUT2D eigenvalue weighted by atomic mass is 10.1. The maximum atomic E-state index is 11.7. The van der Waals surface area contributed by atoms with E-state index in [9.17, 15) is 14.9 Å². The number of ether oxygens (including phenoxy) is 1. The lowest BCUT2D eigenvalue weighted by Crippen LogP contribution is -2.36. The molecule has 0 unspecified atom stereocenters. The highest BCUT2D eigenvalue weighted by molar-refractivity contribution is 5.80. The molecule has 7 heteroatoms. The zero-order valence-corrected chi connectivity index (χ0v) is 12.3. The smallest absolute Gasteiger partial charge is 0.409 e. The third-order valence-electron chi connectivity index (χ3n) is 3.38. The number of amides is 1. The van der Waals surface area contributed by atoms with Crippen molar-refractivity contribution < 1.29 is 14.5 Å². The molecular formula is C15H19N3O4. The predicted molar refractivity (Wildman–Crippen MR) is 82.3 cm³/mol. The van der Waals surface area contributed by atoms with Crippen molar-refractivity contribution in [1.82, 2.24) is 4.90 Å². The number of hydrogen-bond donors (Lipinski definition) is 0. The lowest BCUT2D eigenvalue weighted by molar-refractivity contribution is -0.384. The topological polar surface area (TPSA) is 85.0 Å². The molecular weight excluding hydrogens is 286 g/mol. The van der Waals surface area contributed by atoms with Crippen LogP contribution in [0.15, 0.2) is 29.3 Å². The Balaban J connectivity index is 1.72. The molecule has 0 N–H and O–H groups in total. The fraction of sp³-hybridized carbons (Fsp3) is 0.467. The Kier molecular flexibility index (Phi) is 5.88. The van der Waals surface area contributed by atoms with Crippen LogP contribution in [0.5, 0.6) is 0 Å². The van der Waals surface area contributed by atoms with E-state index in [2.05, 4.69) is 4.99 Å². The number of nitro groups is 1. The van der Waals surface area contributed by atoms with Gasteiger partial charge in [0, 0.05) is 31.4 Å². The Bertz CT molecular complexity index is 553. The normalized spacial score (nSPS) is 15.0. The van der Waals surface area contributed by atoms with Crippen molar-refractivity contribution in [1.29, 1.82) is 0 Å². The molecule has 1 amide bonds. The summed E-state index contributed by atoms with van der Waals surface area (Å²) in [7, 11) is 0. The molecule has 0 radical (unpaired) electrons. The van der Waals surface area contributed by atoms with Gasteiger partial charge in [0.2, 0.25) is 0 Å². The quantitative estimate of drug-likeness (QED) is 0.362. The van der Waals surface area contributed by atoms with E-state index in [1.54, 1.807) is 23.2 Å². The van der Waals surface area contributed by atoms with E-state index < -0.39 is 4.92 Å². The first-order valence-corrected chi connectivity index (χ1v) is 7.33. The van der Waals surface area contributed by atoms with Gasteiger partial charge in [0.25, 0.3) is 5.69 Å². The Morgan fingerprint density at radius 2 is 2.14 bits per heavy atom. The van der Waals surface area contributed by atoms with Gasteiger partial charge in [0.05, 0.1) is 11.5 Å². The second-order valence-corrected chi connectivity index (χ2v) is 5.05. The number of hydrogen-bond acceptors (Lipinski definition) is 5. The van der Waals surface area contributed by atoms with E-state index in [1.807, 2.05) is 0 Å². The number of benzene rings is 1. The van der Waals surface area contributed by atoms with Crippen LogP contribution in [0.4, 0.5) is 10.5 Å². The maximum Gasteiger partial charge on any atom is 0.409 e. The van der Waals surface area contributed by atoms with Crippen LogP contribution in [0, 0.1) is 10.1 Å². The molecule has 0 aliphatic carbocycles. The first-order chi connectivity index (χ1) is 10.7. The summed E-state index contributed by atoms with van der Waals surface area (Å²) < 4.78 is 5.15. The summed E-state index contributed by atoms with van der Waals surface area (Å²) in [6.45, 7) is 2.06. The number of piperidine rings is 1. The maximum absolute atomic E-state index is 11.7. The lowest BCUT2D eigenvalue weighted by Gasteiger charge is -2.25. The molecule has 0 atom stereocenters. The number of carbonyl (C=O) groups excluding carboxylic acids is 1. The molecule has 1 heterocycles. The van der Waals surface area contributed by atoms with Crippen LogP contribution >= 0.6 is 0 Å². The SMILES string of the molecule is O=C(OCCN=Cc1cccc([N+](=O)[O-])c1)N1CCCCC1. The van der Waals surface area contributed by atoms with Gasteiger partial charge < -0.3 is 9.64 Å². The van der Waals surface area contributed by atoms with Crippen molar-refractivity contribution in [2.45, 2.75) is 19.3 Å². The summed E-state index contributed by atoms with van der Waals surface area (Å²) in [5.74, 6) is 0. The van der Waals surface area contributed by atoms with E-state index in [0.717, 1.165) is 32.4 Å². The Morgan fingerprint density at radius 3 is 2.86 bits per heavy atom. The number of nitro benzene ring substituents is 1. The Hall–Kier alpha value is -2.44. The minimum Gasteiger partial charge on any atom is -0.447 e. The molecule has 22 heavy (non-hydrogen) atoms. The number of nitrogens with zero attached hydrogens (tertiary/aromatic N) is 3. The molecule has 1 aromatic carbocycles. The molecule has 1 saturated heterocycles.